The average molecular weight is 241 g/mol. The van der Waals surface area contributed by atoms with E-state index < -0.39 is 0 Å². The molecule has 100 valence electrons. The smallest absolute Gasteiger partial charge is 0.231 e. The highest BCUT2D eigenvalue weighted by Crippen LogP contribution is 2.12. The number of likely N-dealkylation sites (tertiary alicyclic amines) is 1. The molecule has 1 aliphatic rings. The van der Waals surface area contributed by atoms with Gasteiger partial charge in [-0.2, -0.15) is 0 Å². The van der Waals surface area contributed by atoms with Gasteiger partial charge in [-0.05, 0) is 25.7 Å². The standard InChI is InChI=1S/C13H27N3O/c1-3-5-11(4-2)15-12-6-8-16(9-7-12)10-13(14)17/h11-12,15H,3-10H2,1-2H3,(H2,14,17). The highest BCUT2D eigenvalue weighted by Gasteiger charge is 2.21. The maximum atomic E-state index is 10.8. The average Bonchev–Trinajstić information content (AvgIpc) is 2.30. The second kappa shape index (κ2) is 7.67. The van der Waals surface area contributed by atoms with Gasteiger partial charge in [-0.3, -0.25) is 9.69 Å². The fraction of sp³-hybridized carbons (Fsp3) is 0.923. The van der Waals surface area contributed by atoms with E-state index in [0.29, 0.717) is 18.6 Å². The molecule has 0 aromatic carbocycles. The Labute approximate surface area is 105 Å². The first-order valence-corrected chi connectivity index (χ1v) is 6.92. The van der Waals surface area contributed by atoms with Crippen molar-refractivity contribution in [3.8, 4) is 0 Å². The molecule has 0 spiro atoms. The third-order valence-corrected chi connectivity index (χ3v) is 3.57. The molecule has 1 rings (SSSR count). The number of hydrogen-bond donors (Lipinski definition) is 2. The summed E-state index contributed by atoms with van der Waals surface area (Å²) in [5.41, 5.74) is 5.20. The summed E-state index contributed by atoms with van der Waals surface area (Å²) in [7, 11) is 0. The van der Waals surface area contributed by atoms with Gasteiger partial charge in [0, 0.05) is 25.2 Å². The van der Waals surface area contributed by atoms with Crippen LogP contribution < -0.4 is 11.1 Å². The van der Waals surface area contributed by atoms with E-state index in [1.165, 1.54) is 19.3 Å². The van der Waals surface area contributed by atoms with E-state index in [9.17, 15) is 4.79 Å². The highest BCUT2D eigenvalue weighted by atomic mass is 16.1. The second-order valence-electron chi connectivity index (χ2n) is 5.08. The molecule has 4 heteroatoms. The Morgan fingerprint density at radius 3 is 2.53 bits per heavy atom. The van der Waals surface area contributed by atoms with Crippen LogP contribution in [0.15, 0.2) is 0 Å². The Balaban J connectivity index is 2.24. The molecule has 1 fully saturated rings. The monoisotopic (exact) mass is 241 g/mol. The first-order chi connectivity index (χ1) is 8.15. The van der Waals surface area contributed by atoms with E-state index in [2.05, 4.69) is 24.1 Å². The van der Waals surface area contributed by atoms with Crippen LogP contribution in [0.4, 0.5) is 0 Å². The Kier molecular flexibility index (Phi) is 6.52. The molecule has 1 aliphatic heterocycles. The van der Waals surface area contributed by atoms with E-state index in [0.717, 1.165) is 25.9 Å². The third kappa shape index (κ3) is 5.50. The van der Waals surface area contributed by atoms with Gasteiger partial charge in [0.05, 0.1) is 6.54 Å². The van der Waals surface area contributed by atoms with E-state index in [1.54, 1.807) is 0 Å². The molecule has 0 bridgehead atoms. The molecule has 0 aromatic heterocycles. The summed E-state index contributed by atoms with van der Waals surface area (Å²) in [6, 6.07) is 1.28. The Morgan fingerprint density at radius 1 is 1.41 bits per heavy atom. The lowest BCUT2D eigenvalue weighted by Crippen LogP contribution is -2.47. The first-order valence-electron chi connectivity index (χ1n) is 6.92. The van der Waals surface area contributed by atoms with Crippen molar-refractivity contribution in [3.05, 3.63) is 0 Å². The molecule has 3 N–H and O–H groups in total. The van der Waals surface area contributed by atoms with Gasteiger partial charge in [-0.25, -0.2) is 0 Å². The maximum Gasteiger partial charge on any atom is 0.231 e. The number of nitrogens with zero attached hydrogens (tertiary/aromatic N) is 1. The summed E-state index contributed by atoms with van der Waals surface area (Å²) in [6.45, 7) is 6.88. The molecule has 0 radical (unpaired) electrons. The van der Waals surface area contributed by atoms with Gasteiger partial charge in [0.1, 0.15) is 0 Å². The van der Waals surface area contributed by atoms with Crippen LogP contribution in [0.1, 0.15) is 46.0 Å². The van der Waals surface area contributed by atoms with Crippen molar-refractivity contribution in [3.63, 3.8) is 0 Å². The number of rotatable bonds is 7. The number of hydrogen-bond acceptors (Lipinski definition) is 3. The minimum Gasteiger partial charge on any atom is -0.369 e. The predicted octanol–water partition coefficient (Wildman–Crippen LogP) is 1.10. The first kappa shape index (κ1) is 14.5. The van der Waals surface area contributed by atoms with Crippen molar-refractivity contribution in [1.82, 2.24) is 10.2 Å². The molecule has 1 saturated heterocycles. The molecule has 0 saturated carbocycles. The quantitative estimate of drug-likeness (QED) is 0.702. The summed E-state index contributed by atoms with van der Waals surface area (Å²) < 4.78 is 0. The van der Waals surface area contributed by atoms with Crippen molar-refractivity contribution >= 4 is 5.91 Å². The second-order valence-corrected chi connectivity index (χ2v) is 5.08. The molecule has 0 aromatic rings. The topological polar surface area (TPSA) is 58.4 Å². The van der Waals surface area contributed by atoms with Crippen LogP contribution in [0.5, 0.6) is 0 Å². The van der Waals surface area contributed by atoms with Crippen LogP contribution in [-0.2, 0) is 4.79 Å². The van der Waals surface area contributed by atoms with Crippen LogP contribution >= 0.6 is 0 Å². The van der Waals surface area contributed by atoms with Gasteiger partial charge < -0.3 is 11.1 Å². The molecule has 1 heterocycles. The highest BCUT2D eigenvalue weighted by molar-refractivity contribution is 5.75. The fourth-order valence-electron chi connectivity index (χ4n) is 2.57. The predicted molar refractivity (Wildman–Crippen MR) is 70.8 cm³/mol. The Morgan fingerprint density at radius 2 is 2.06 bits per heavy atom. The van der Waals surface area contributed by atoms with Crippen molar-refractivity contribution < 1.29 is 4.79 Å². The number of carbonyl (C=O) groups excluding carboxylic acids is 1. The zero-order valence-corrected chi connectivity index (χ0v) is 11.2. The summed E-state index contributed by atoms with van der Waals surface area (Å²) in [5, 5.41) is 3.74. The lowest BCUT2D eigenvalue weighted by molar-refractivity contribution is -0.119. The van der Waals surface area contributed by atoms with Crippen LogP contribution in [0.25, 0.3) is 0 Å². The number of piperidine rings is 1. The summed E-state index contributed by atoms with van der Waals surface area (Å²) in [5.74, 6) is -0.214. The molecule has 1 amide bonds. The van der Waals surface area contributed by atoms with E-state index in [1.807, 2.05) is 0 Å². The zero-order valence-electron chi connectivity index (χ0n) is 11.2. The van der Waals surface area contributed by atoms with Gasteiger partial charge in [0.2, 0.25) is 5.91 Å². The van der Waals surface area contributed by atoms with Crippen molar-refractivity contribution in [2.75, 3.05) is 19.6 Å². The van der Waals surface area contributed by atoms with Gasteiger partial charge in [0.15, 0.2) is 0 Å². The number of primary amides is 1. The minimum atomic E-state index is -0.214. The fourth-order valence-corrected chi connectivity index (χ4v) is 2.57. The molecule has 17 heavy (non-hydrogen) atoms. The number of nitrogens with one attached hydrogen (secondary N) is 1. The van der Waals surface area contributed by atoms with Crippen LogP contribution in [-0.4, -0.2) is 42.5 Å². The number of nitrogens with two attached hydrogens (primary N) is 1. The van der Waals surface area contributed by atoms with Gasteiger partial charge in [-0.1, -0.05) is 20.3 Å². The van der Waals surface area contributed by atoms with Crippen molar-refractivity contribution in [1.29, 1.82) is 0 Å². The largest absolute Gasteiger partial charge is 0.369 e. The lowest BCUT2D eigenvalue weighted by Gasteiger charge is -2.33. The van der Waals surface area contributed by atoms with Crippen LogP contribution in [0.2, 0.25) is 0 Å². The van der Waals surface area contributed by atoms with Gasteiger partial charge in [-0.15, -0.1) is 0 Å². The lowest BCUT2D eigenvalue weighted by atomic mass is 10.0. The molecular weight excluding hydrogens is 214 g/mol. The molecule has 0 aliphatic carbocycles. The number of amides is 1. The van der Waals surface area contributed by atoms with Crippen molar-refractivity contribution in [2.45, 2.75) is 58.0 Å². The van der Waals surface area contributed by atoms with Gasteiger partial charge in [0.25, 0.3) is 0 Å². The van der Waals surface area contributed by atoms with E-state index in [4.69, 9.17) is 5.73 Å². The molecule has 4 nitrogen and oxygen atoms in total. The Bertz CT molecular complexity index is 225. The zero-order chi connectivity index (χ0) is 12.7. The summed E-state index contributed by atoms with van der Waals surface area (Å²) in [6.07, 6.45) is 5.97. The van der Waals surface area contributed by atoms with Crippen LogP contribution in [0.3, 0.4) is 0 Å². The molecule has 1 unspecified atom stereocenters. The van der Waals surface area contributed by atoms with Crippen molar-refractivity contribution in [2.24, 2.45) is 5.73 Å². The van der Waals surface area contributed by atoms with Crippen LogP contribution in [0, 0.1) is 0 Å². The molecular formula is C13H27N3O. The third-order valence-electron chi connectivity index (χ3n) is 3.57. The van der Waals surface area contributed by atoms with E-state index in [-0.39, 0.29) is 5.91 Å². The molecule has 1 atom stereocenters. The van der Waals surface area contributed by atoms with Gasteiger partial charge >= 0.3 is 0 Å². The minimum absolute atomic E-state index is 0.214. The van der Waals surface area contributed by atoms with E-state index >= 15 is 0 Å². The normalized spacial score (nSPS) is 20.4. The Hall–Kier alpha value is -0.610. The number of carbonyl (C=O) groups is 1. The summed E-state index contributed by atoms with van der Waals surface area (Å²) >= 11 is 0. The SMILES string of the molecule is CCCC(CC)NC1CCN(CC(N)=O)CC1. The maximum absolute atomic E-state index is 10.8. The summed E-state index contributed by atoms with van der Waals surface area (Å²) in [4.78, 5) is 13.0.